The van der Waals surface area contributed by atoms with Crippen molar-refractivity contribution in [1.82, 2.24) is 15.2 Å². The van der Waals surface area contributed by atoms with E-state index in [-0.39, 0.29) is 22.7 Å². The van der Waals surface area contributed by atoms with E-state index < -0.39 is 5.25 Å². The highest BCUT2D eigenvalue weighted by atomic mass is 32.2. The minimum atomic E-state index is -0.457. The normalized spacial score (nSPS) is 12.3. The molecular weight excluding hydrogens is 342 g/mol. The summed E-state index contributed by atoms with van der Waals surface area (Å²) in [5, 5.41) is 7.66. The first kappa shape index (κ1) is 17.2. The summed E-state index contributed by atoms with van der Waals surface area (Å²) < 4.78 is 10.7. The molecule has 0 aliphatic carbocycles. The number of aryl methyl sites for hydroxylation is 1. The van der Waals surface area contributed by atoms with Crippen LogP contribution in [0, 0.1) is 13.8 Å². The van der Waals surface area contributed by atoms with Crippen LogP contribution in [-0.2, 0) is 0 Å². The minimum absolute atomic E-state index is 0.0643. The number of aromatic amines is 1. The molecule has 0 unspecified atom stereocenters. The fourth-order valence-corrected chi connectivity index (χ4v) is 3.43. The summed E-state index contributed by atoms with van der Waals surface area (Å²) >= 11 is 1.16. The van der Waals surface area contributed by atoms with Gasteiger partial charge in [-0.15, -0.1) is 10.2 Å². The van der Waals surface area contributed by atoms with Gasteiger partial charge in [-0.2, -0.15) is 0 Å². The Hall–Kier alpha value is -2.61. The number of nitrogens with one attached hydrogen (secondary N) is 1. The van der Waals surface area contributed by atoms with E-state index in [1.54, 1.807) is 32.9 Å². The molecule has 3 aromatic heterocycles. The van der Waals surface area contributed by atoms with Crippen LogP contribution in [0.4, 0.5) is 0 Å². The maximum absolute atomic E-state index is 12.7. The zero-order chi connectivity index (χ0) is 18.1. The van der Waals surface area contributed by atoms with Gasteiger partial charge in [0.1, 0.15) is 0 Å². The topological polar surface area (TPSA) is 102 Å². The van der Waals surface area contributed by atoms with Crippen molar-refractivity contribution in [3.8, 4) is 11.7 Å². The predicted molar refractivity (Wildman–Crippen MR) is 91.9 cm³/mol. The maximum Gasteiger partial charge on any atom is 0.284 e. The predicted octanol–water partition coefficient (Wildman–Crippen LogP) is 3.84. The van der Waals surface area contributed by atoms with Crippen molar-refractivity contribution >= 4 is 23.3 Å². The average Bonchev–Trinajstić information content (AvgIpc) is 3.26. The van der Waals surface area contributed by atoms with E-state index in [1.807, 2.05) is 0 Å². The van der Waals surface area contributed by atoms with Gasteiger partial charge in [0.05, 0.1) is 17.2 Å². The summed E-state index contributed by atoms with van der Waals surface area (Å²) in [6.07, 6.45) is 1.52. The van der Waals surface area contributed by atoms with Gasteiger partial charge in [0.2, 0.25) is 0 Å². The quantitative estimate of drug-likeness (QED) is 0.527. The molecule has 0 amide bonds. The van der Waals surface area contributed by atoms with Gasteiger partial charge in [-0.05, 0) is 45.4 Å². The van der Waals surface area contributed by atoms with Gasteiger partial charge in [-0.25, -0.2) is 0 Å². The number of H-pyrrole nitrogens is 1. The fraction of sp³-hybridized carbons (Fsp3) is 0.294. The second-order valence-electron chi connectivity index (χ2n) is 5.66. The molecule has 0 fully saturated rings. The fourth-order valence-electron chi connectivity index (χ4n) is 2.69. The lowest BCUT2D eigenvalue weighted by Crippen LogP contribution is -2.15. The van der Waals surface area contributed by atoms with Crippen LogP contribution in [-0.4, -0.2) is 32.0 Å². The van der Waals surface area contributed by atoms with E-state index in [2.05, 4.69) is 15.2 Å². The number of Topliss-reactive ketones (excluding diaryl/α,β-unsaturated/α-hetero) is 2. The second-order valence-corrected chi connectivity index (χ2v) is 6.95. The van der Waals surface area contributed by atoms with Crippen LogP contribution >= 0.6 is 11.8 Å². The highest BCUT2D eigenvalue weighted by molar-refractivity contribution is 8.00. The number of carbonyl (C=O) groups excluding carboxylic acids is 2. The lowest BCUT2D eigenvalue weighted by molar-refractivity contribution is 0.0988. The Labute approximate surface area is 148 Å². The van der Waals surface area contributed by atoms with Gasteiger partial charge in [0.25, 0.3) is 11.1 Å². The van der Waals surface area contributed by atoms with Crippen molar-refractivity contribution in [3.63, 3.8) is 0 Å². The number of hydrogen-bond acceptors (Lipinski definition) is 7. The molecule has 25 heavy (non-hydrogen) atoms. The molecule has 0 bridgehead atoms. The molecule has 0 spiro atoms. The first-order chi connectivity index (χ1) is 11.9. The molecule has 0 radical (unpaired) electrons. The summed E-state index contributed by atoms with van der Waals surface area (Å²) in [6.45, 7) is 6.80. The molecular formula is C17H17N3O4S. The standard InChI is InChI=1S/C17H17N3O4S/c1-8-13(10(3)21)9(2)18-14(8)15(22)11(4)25-17-20-19-16(24-17)12-6-5-7-23-12/h5-7,11,18H,1-4H3/t11-/m1/s1. The van der Waals surface area contributed by atoms with E-state index in [1.165, 1.54) is 13.2 Å². The highest BCUT2D eigenvalue weighted by Gasteiger charge is 2.26. The average molecular weight is 359 g/mol. The number of furan rings is 1. The summed E-state index contributed by atoms with van der Waals surface area (Å²) in [7, 11) is 0. The van der Waals surface area contributed by atoms with Gasteiger partial charge in [0.15, 0.2) is 17.3 Å². The Balaban J connectivity index is 1.78. The van der Waals surface area contributed by atoms with Crippen LogP contribution in [0.1, 0.15) is 46.0 Å². The van der Waals surface area contributed by atoms with Crippen LogP contribution in [0.25, 0.3) is 11.7 Å². The van der Waals surface area contributed by atoms with Gasteiger partial charge in [-0.3, -0.25) is 9.59 Å². The molecule has 8 heteroatoms. The number of ketones is 2. The van der Waals surface area contributed by atoms with E-state index in [9.17, 15) is 9.59 Å². The van der Waals surface area contributed by atoms with E-state index in [0.29, 0.717) is 28.3 Å². The summed E-state index contributed by atoms with van der Waals surface area (Å²) in [5.74, 6) is 0.541. The van der Waals surface area contributed by atoms with Crippen molar-refractivity contribution in [3.05, 3.63) is 40.9 Å². The Morgan fingerprint density at radius 3 is 2.64 bits per heavy atom. The minimum Gasteiger partial charge on any atom is -0.459 e. The molecule has 0 aliphatic heterocycles. The number of hydrogen-bond donors (Lipinski definition) is 1. The summed E-state index contributed by atoms with van der Waals surface area (Å²) in [4.78, 5) is 27.5. The number of carbonyl (C=O) groups is 2. The van der Waals surface area contributed by atoms with Gasteiger partial charge >= 0.3 is 0 Å². The molecule has 0 saturated heterocycles. The molecule has 1 N–H and O–H groups in total. The van der Waals surface area contributed by atoms with Crippen LogP contribution in [0.15, 0.2) is 32.5 Å². The van der Waals surface area contributed by atoms with Crippen LogP contribution < -0.4 is 0 Å². The van der Waals surface area contributed by atoms with Crippen molar-refractivity contribution < 1.29 is 18.4 Å². The van der Waals surface area contributed by atoms with E-state index in [0.717, 1.165) is 11.8 Å². The Bertz CT molecular complexity index is 924. The van der Waals surface area contributed by atoms with Gasteiger partial charge < -0.3 is 13.8 Å². The van der Waals surface area contributed by atoms with Crippen LogP contribution in [0.5, 0.6) is 0 Å². The van der Waals surface area contributed by atoms with Gasteiger partial charge in [0, 0.05) is 11.3 Å². The summed E-state index contributed by atoms with van der Waals surface area (Å²) in [5.41, 5.74) is 2.37. The molecule has 1 atom stereocenters. The Morgan fingerprint density at radius 2 is 2.04 bits per heavy atom. The summed E-state index contributed by atoms with van der Waals surface area (Å²) in [6, 6.07) is 3.44. The second kappa shape index (κ2) is 6.72. The largest absolute Gasteiger partial charge is 0.459 e. The van der Waals surface area contributed by atoms with Crippen LogP contribution in [0.3, 0.4) is 0 Å². The third-order valence-electron chi connectivity index (χ3n) is 3.82. The molecule has 3 aromatic rings. The van der Waals surface area contributed by atoms with Crippen molar-refractivity contribution in [1.29, 1.82) is 0 Å². The highest BCUT2D eigenvalue weighted by Crippen LogP contribution is 2.29. The Morgan fingerprint density at radius 1 is 1.28 bits per heavy atom. The first-order valence-corrected chi connectivity index (χ1v) is 8.54. The zero-order valence-electron chi connectivity index (χ0n) is 14.2. The van der Waals surface area contributed by atoms with E-state index >= 15 is 0 Å². The zero-order valence-corrected chi connectivity index (χ0v) is 15.1. The third kappa shape index (κ3) is 3.30. The number of thioether (sulfide) groups is 1. The third-order valence-corrected chi connectivity index (χ3v) is 4.76. The molecule has 0 aliphatic rings. The van der Waals surface area contributed by atoms with Gasteiger partial charge in [-0.1, -0.05) is 11.8 Å². The van der Waals surface area contributed by atoms with Crippen molar-refractivity contribution in [2.75, 3.05) is 0 Å². The molecule has 3 rings (SSSR count). The molecule has 0 saturated carbocycles. The monoisotopic (exact) mass is 359 g/mol. The van der Waals surface area contributed by atoms with Crippen LogP contribution in [0.2, 0.25) is 0 Å². The molecule has 3 heterocycles. The lowest BCUT2D eigenvalue weighted by Gasteiger charge is -2.07. The van der Waals surface area contributed by atoms with Crippen molar-refractivity contribution in [2.24, 2.45) is 0 Å². The maximum atomic E-state index is 12.7. The Kier molecular flexibility index (Phi) is 4.63. The first-order valence-electron chi connectivity index (χ1n) is 7.66. The SMILES string of the molecule is CC(=O)c1c(C)[nH]c(C(=O)[C@@H](C)Sc2nnc(-c3ccco3)o2)c1C. The molecule has 0 aromatic carbocycles. The number of aromatic nitrogens is 3. The molecule has 130 valence electrons. The smallest absolute Gasteiger partial charge is 0.284 e. The van der Waals surface area contributed by atoms with E-state index in [4.69, 9.17) is 8.83 Å². The number of rotatable bonds is 6. The lowest BCUT2D eigenvalue weighted by atomic mass is 10.0. The van der Waals surface area contributed by atoms with Crippen molar-refractivity contribution in [2.45, 2.75) is 38.2 Å². The number of nitrogens with zero attached hydrogens (tertiary/aromatic N) is 2. The molecule has 7 nitrogen and oxygen atoms in total.